The third-order valence-electron chi connectivity index (χ3n) is 4.83. The highest BCUT2D eigenvalue weighted by Gasteiger charge is 2.25. The molecule has 1 aliphatic heterocycles. The van der Waals surface area contributed by atoms with Gasteiger partial charge in [0.2, 0.25) is 0 Å². The van der Waals surface area contributed by atoms with Crippen molar-refractivity contribution >= 4 is 23.2 Å². The second kappa shape index (κ2) is 8.19. The van der Waals surface area contributed by atoms with E-state index in [-0.39, 0.29) is 16.6 Å². The molecule has 1 aliphatic rings. The Labute approximate surface area is 175 Å². The lowest BCUT2D eigenvalue weighted by Gasteiger charge is -2.36. The largest absolute Gasteiger partial charge is 0.365 e. The van der Waals surface area contributed by atoms with Crippen LogP contribution in [0, 0.1) is 11.6 Å². The van der Waals surface area contributed by atoms with Gasteiger partial charge in [-0.3, -0.25) is 14.6 Å². The number of rotatable bonds is 3. The quantitative estimate of drug-likeness (QED) is 0.637. The van der Waals surface area contributed by atoms with Gasteiger partial charge in [0.15, 0.2) is 5.82 Å². The molecule has 154 valence electrons. The minimum atomic E-state index is -0.921. The van der Waals surface area contributed by atoms with Crippen LogP contribution in [0.15, 0.2) is 53.6 Å². The van der Waals surface area contributed by atoms with E-state index in [1.807, 2.05) is 4.90 Å². The normalized spacial score (nSPS) is 14.1. The molecule has 1 saturated heterocycles. The Balaban J connectivity index is 1.53. The zero-order valence-electron chi connectivity index (χ0n) is 15.6. The number of benzene rings is 1. The minimum Gasteiger partial charge on any atom is -0.365 e. The third-order valence-corrected chi connectivity index (χ3v) is 5.19. The van der Waals surface area contributed by atoms with Crippen LogP contribution in [-0.4, -0.2) is 51.8 Å². The van der Waals surface area contributed by atoms with Crippen LogP contribution >= 0.6 is 11.6 Å². The lowest BCUT2D eigenvalue weighted by atomic mass is 10.2. The maximum atomic E-state index is 14.0. The highest BCUT2D eigenvalue weighted by molar-refractivity contribution is 6.33. The molecule has 0 radical (unpaired) electrons. The molecule has 1 fully saturated rings. The average Bonchev–Trinajstić information content (AvgIpc) is 2.76. The van der Waals surface area contributed by atoms with Gasteiger partial charge in [-0.1, -0.05) is 17.7 Å². The number of hydrogen-bond acceptors (Lipinski definition) is 5. The van der Waals surface area contributed by atoms with Gasteiger partial charge in [0.25, 0.3) is 11.5 Å². The molecule has 30 heavy (non-hydrogen) atoms. The smallest absolute Gasteiger partial charge is 0.292 e. The number of hydrogen-bond donors (Lipinski definition) is 0. The maximum absolute atomic E-state index is 14.0. The van der Waals surface area contributed by atoms with Gasteiger partial charge in [0.05, 0.1) is 11.9 Å². The zero-order valence-corrected chi connectivity index (χ0v) is 16.4. The van der Waals surface area contributed by atoms with E-state index in [2.05, 4.69) is 10.1 Å². The first-order valence-electron chi connectivity index (χ1n) is 9.14. The fourth-order valence-electron chi connectivity index (χ4n) is 3.27. The van der Waals surface area contributed by atoms with Gasteiger partial charge in [-0.25, -0.2) is 8.78 Å². The van der Waals surface area contributed by atoms with Crippen molar-refractivity contribution in [3.8, 4) is 5.69 Å². The van der Waals surface area contributed by atoms with Crippen LogP contribution in [0.5, 0.6) is 0 Å². The topological polar surface area (TPSA) is 71.3 Å². The summed E-state index contributed by atoms with van der Waals surface area (Å²) < 4.78 is 28.0. The van der Waals surface area contributed by atoms with Crippen molar-refractivity contribution in [3.05, 3.63) is 81.5 Å². The summed E-state index contributed by atoms with van der Waals surface area (Å²) in [7, 11) is 0. The van der Waals surface area contributed by atoms with Gasteiger partial charge < -0.3 is 9.80 Å². The second-order valence-corrected chi connectivity index (χ2v) is 7.03. The Morgan fingerprint density at radius 2 is 1.80 bits per heavy atom. The van der Waals surface area contributed by atoms with Crippen LogP contribution < -0.4 is 10.5 Å². The van der Waals surface area contributed by atoms with Crippen LogP contribution in [-0.2, 0) is 0 Å². The van der Waals surface area contributed by atoms with Gasteiger partial charge in [-0.2, -0.15) is 9.78 Å². The number of piperazine rings is 1. The molecule has 10 heteroatoms. The Hall–Kier alpha value is -3.33. The van der Waals surface area contributed by atoms with Crippen molar-refractivity contribution < 1.29 is 13.6 Å². The van der Waals surface area contributed by atoms with E-state index in [0.29, 0.717) is 43.6 Å². The average molecular weight is 432 g/mol. The summed E-state index contributed by atoms with van der Waals surface area (Å²) in [5.41, 5.74) is -0.146. The van der Waals surface area contributed by atoms with Crippen molar-refractivity contribution in [2.45, 2.75) is 0 Å². The van der Waals surface area contributed by atoms with E-state index >= 15 is 0 Å². The number of amides is 1. The maximum Gasteiger partial charge on any atom is 0.292 e. The molecule has 0 bridgehead atoms. The molecular weight excluding hydrogens is 416 g/mol. The Bertz CT molecular complexity index is 1150. The summed E-state index contributed by atoms with van der Waals surface area (Å²) >= 11 is 6.26. The molecule has 0 N–H and O–H groups in total. The molecular formula is C20H16ClF2N5O2. The van der Waals surface area contributed by atoms with Gasteiger partial charge in [-0.15, -0.1) is 0 Å². The molecule has 0 spiro atoms. The van der Waals surface area contributed by atoms with Gasteiger partial charge in [0, 0.05) is 38.4 Å². The molecule has 7 nitrogen and oxygen atoms in total. The number of pyridine rings is 1. The summed E-state index contributed by atoms with van der Waals surface area (Å²) in [6.07, 6.45) is 2.93. The predicted molar refractivity (Wildman–Crippen MR) is 107 cm³/mol. The van der Waals surface area contributed by atoms with E-state index in [1.54, 1.807) is 29.3 Å². The van der Waals surface area contributed by atoms with Gasteiger partial charge in [-0.05, 0) is 24.3 Å². The summed E-state index contributed by atoms with van der Waals surface area (Å²) in [6.45, 7) is 1.71. The molecule has 0 aliphatic carbocycles. The van der Waals surface area contributed by atoms with E-state index < -0.39 is 17.2 Å². The van der Waals surface area contributed by atoms with Crippen LogP contribution in [0.2, 0.25) is 5.02 Å². The standard InChI is InChI=1S/C20H16ClF2N5O2/c21-18-17(12-25-28(20(18)30)16-5-4-13(22)11-14(16)23)26-7-9-27(10-8-26)19(29)15-3-1-2-6-24-15/h1-6,11-12H,7-10H2. The van der Waals surface area contributed by atoms with E-state index in [9.17, 15) is 18.4 Å². The SMILES string of the molecule is O=C(c1ccccn1)N1CCN(c2cnn(-c3ccc(F)cc3F)c(=O)c2Cl)CC1. The minimum absolute atomic E-state index is 0.127. The summed E-state index contributed by atoms with van der Waals surface area (Å²) in [5.74, 6) is -1.85. The number of halogens is 3. The van der Waals surface area contributed by atoms with Crippen LogP contribution in [0.25, 0.3) is 5.69 Å². The monoisotopic (exact) mass is 431 g/mol. The van der Waals surface area contributed by atoms with Crippen LogP contribution in [0.4, 0.5) is 14.5 Å². The van der Waals surface area contributed by atoms with E-state index in [1.165, 1.54) is 6.20 Å². The fraction of sp³-hybridized carbons (Fsp3) is 0.200. The summed E-state index contributed by atoms with van der Waals surface area (Å²) in [5, 5.41) is 3.88. The number of nitrogens with zero attached hydrogens (tertiary/aromatic N) is 5. The van der Waals surface area contributed by atoms with Gasteiger partial charge >= 0.3 is 0 Å². The van der Waals surface area contributed by atoms with Crippen molar-refractivity contribution in [1.82, 2.24) is 19.7 Å². The zero-order chi connectivity index (χ0) is 21.3. The summed E-state index contributed by atoms with van der Waals surface area (Å²) in [6, 6.07) is 7.97. The van der Waals surface area contributed by atoms with E-state index in [0.717, 1.165) is 16.8 Å². The Kier molecular flexibility index (Phi) is 5.45. The first-order valence-corrected chi connectivity index (χ1v) is 9.52. The number of anilines is 1. The highest BCUT2D eigenvalue weighted by atomic mass is 35.5. The molecule has 1 amide bonds. The van der Waals surface area contributed by atoms with Crippen molar-refractivity contribution in [3.63, 3.8) is 0 Å². The Morgan fingerprint density at radius 3 is 2.47 bits per heavy atom. The second-order valence-electron chi connectivity index (χ2n) is 6.65. The predicted octanol–water partition coefficient (Wildman–Crippen LogP) is 2.52. The molecule has 3 heterocycles. The molecule has 1 aromatic carbocycles. The fourth-order valence-corrected chi connectivity index (χ4v) is 3.52. The number of carbonyl (C=O) groups is 1. The summed E-state index contributed by atoms with van der Waals surface area (Å²) in [4.78, 5) is 32.7. The molecule has 0 saturated carbocycles. The molecule has 0 atom stereocenters. The number of aromatic nitrogens is 3. The van der Waals surface area contributed by atoms with Crippen molar-refractivity contribution in [1.29, 1.82) is 0 Å². The first-order chi connectivity index (χ1) is 14.5. The van der Waals surface area contributed by atoms with Crippen LogP contribution in [0.3, 0.4) is 0 Å². The molecule has 2 aromatic heterocycles. The molecule has 4 rings (SSSR count). The third kappa shape index (κ3) is 3.76. The van der Waals surface area contributed by atoms with Crippen molar-refractivity contribution in [2.24, 2.45) is 0 Å². The highest BCUT2D eigenvalue weighted by Crippen LogP contribution is 2.24. The molecule has 0 unspecified atom stereocenters. The van der Waals surface area contributed by atoms with E-state index in [4.69, 9.17) is 11.6 Å². The number of carbonyl (C=O) groups excluding carboxylic acids is 1. The lowest BCUT2D eigenvalue weighted by Crippen LogP contribution is -2.49. The Morgan fingerprint density at radius 1 is 1.03 bits per heavy atom. The van der Waals surface area contributed by atoms with Crippen molar-refractivity contribution in [2.75, 3.05) is 31.1 Å². The molecule has 3 aromatic rings. The lowest BCUT2D eigenvalue weighted by molar-refractivity contribution is 0.0741. The van der Waals surface area contributed by atoms with Crippen LogP contribution in [0.1, 0.15) is 10.5 Å². The first kappa shape index (κ1) is 20.0. The van der Waals surface area contributed by atoms with Gasteiger partial charge in [0.1, 0.15) is 22.2 Å².